The molecular weight excluding hydrogens is 410 g/mol. The van der Waals surface area contributed by atoms with Crippen molar-refractivity contribution in [1.29, 1.82) is 0 Å². The van der Waals surface area contributed by atoms with Gasteiger partial charge in [-0.25, -0.2) is 21.6 Å². The number of carbonyl (C=O) groups excluding carboxylic acids is 1. The fourth-order valence-electron chi connectivity index (χ4n) is 0.530. The molecule has 0 atom stereocenters. The highest BCUT2D eigenvalue weighted by Crippen LogP contribution is 2.36. The molecule has 0 aliphatic carbocycles. The molecule has 25 heavy (non-hydrogen) atoms. The summed E-state index contributed by atoms with van der Waals surface area (Å²) in [5, 5.41) is 0. The van der Waals surface area contributed by atoms with E-state index in [4.69, 9.17) is 4.74 Å². The molecule has 16 heteroatoms. The second-order valence-electron chi connectivity index (χ2n) is 5.00. The molecule has 0 heterocycles. The van der Waals surface area contributed by atoms with Crippen LogP contribution < -0.4 is 0 Å². The normalized spacial score (nSPS) is 13.5. The van der Waals surface area contributed by atoms with Crippen molar-refractivity contribution in [3.63, 3.8) is 0 Å². The van der Waals surface area contributed by atoms with Gasteiger partial charge in [0.05, 0.1) is 21.1 Å². The van der Waals surface area contributed by atoms with Crippen LogP contribution in [-0.2, 0) is 29.6 Å². The van der Waals surface area contributed by atoms with Crippen LogP contribution in [0.4, 0.5) is 26.3 Å². The summed E-state index contributed by atoms with van der Waals surface area (Å²) in [6.45, 7) is 3.66. The summed E-state index contributed by atoms with van der Waals surface area (Å²) in [5.41, 5.74) is -12.4. The maximum absolute atomic E-state index is 11.4. The first kappa shape index (κ1) is 25.8. The lowest BCUT2D eigenvalue weighted by Crippen LogP contribution is -2.37. The van der Waals surface area contributed by atoms with Gasteiger partial charge < -0.3 is 8.86 Å². The zero-order valence-corrected chi connectivity index (χ0v) is 14.6. The van der Waals surface area contributed by atoms with Gasteiger partial charge >= 0.3 is 17.0 Å². The van der Waals surface area contributed by atoms with Crippen molar-refractivity contribution in [2.45, 2.75) is 11.0 Å². The molecule has 0 saturated carbocycles. The Bertz CT molecular complexity index is 633. The van der Waals surface area contributed by atoms with E-state index < -0.39 is 31.1 Å². The van der Waals surface area contributed by atoms with Crippen LogP contribution in [0.25, 0.3) is 4.13 Å². The summed E-state index contributed by atoms with van der Waals surface area (Å²) in [6, 6.07) is 0. The van der Waals surface area contributed by atoms with Crippen LogP contribution in [0.5, 0.6) is 0 Å². The number of sulfonamides is 2. The number of quaternary nitrogens is 1. The Kier molecular flexibility index (Phi) is 8.61. The molecule has 0 rings (SSSR count). The lowest BCUT2D eigenvalue weighted by Gasteiger charge is -2.22. The predicted molar refractivity (Wildman–Crippen MR) is 72.5 cm³/mol. The Balaban J connectivity index is 0. The molecule has 150 valence electrons. The zero-order valence-electron chi connectivity index (χ0n) is 12.9. The number of carbonyl (C=O) groups is 1. The monoisotopic (exact) mass is 424 g/mol. The van der Waals surface area contributed by atoms with Crippen LogP contribution in [0.1, 0.15) is 0 Å². The summed E-state index contributed by atoms with van der Waals surface area (Å²) in [7, 11) is -7.62. The quantitative estimate of drug-likeness (QED) is 0.217. The molecule has 0 aromatic rings. The van der Waals surface area contributed by atoms with Gasteiger partial charge in [0, 0.05) is 6.08 Å². The molecule has 0 aliphatic heterocycles. The van der Waals surface area contributed by atoms with E-state index in [2.05, 4.69) is 6.58 Å². The van der Waals surface area contributed by atoms with Gasteiger partial charge in [-0.2, -0.15) is 26.3 Å². The Morgan fingerprint density at radius 2 is 1.32 bits per heavy atom. The molecule has 0 aromatic heterocycles. The third-order valence-corrected chi connectivity index (χ3v) is 4.28. The SMILES string of the molecule is C=CC(=O)OC[N+](C)(C)C.O=S(=O)([N-]S(=O)(=O)C(F)(F)F)C(F)(F)F. The van der Waals surface area contributed by atoms with E-state index in [1.165, 1.54) is 0 Å². The first-order valence-electron chi connectivity index (χ1n) is 5.63. The highest BCUT2D eigenvalue weighted by atomic mass is 32.3. The van der Waals surface area contributed by atoms with Gasteiger partial charge in [0.25, 0.3) is 0 Å². The van der Waals surface area contributed by atoms with Crippen LogP contribution >= 0.6 is 0 Å². The Hall–Kier alpha value is -1.39. The summed E-state index contributed by atoms with van der Waals surface area (Å²) in [4.78, 5) is 10.5. The molecule has 0 bridgehead atoms. The van der Waals surface area contributed by atoms with Crippen LogP contribution in [0, 0.1) is 0 Å². The number of esters is 1. The fraction of sp³-hybridized carbons (Fsp3) is 0.667. The Morgan fingerprint density at radius 1 is 1.00 bits per heavy atom. The molecule has 0 spiro atoms. The molecule has 0 aromatic carbocycles. The molecule has 0 radical (unpaired) electrons. The molecule has 0 fully saturated rings. The minimum atomic E-state index is -6.72. The third-order valence-electron chi connectivity index (χ3n) is 1.54. The number of hydrogen-bond donors (Lipinski definition) is 0. The van der Waals surface area contributed by atoms with Crippen molar-refractivity contribution < 1.29 is 57.2 Å². The number of ether oxygens (including phenoxy) is 1. The Morgan fingerprint density at radius 3 is 1.52 bits per heavy atom. The Labute approximate surface area is 139 Å². The molecule has 0 N–H and O–H groups in total. The van der Waals surface area contributed by atoms with Crippen LogP contribution in [0.15, 0.2) is 12.7 Å². The van der Waals surface area contributed by atoms with Crippen LogP contribution in [0.3, 0.4) is 0 Å². The van der Waals surface area contributed by atoms with E-state index in [1.807, 2.05) is 21.1 Å². The van der Waals surface area contributed by atoms with Crippen molar-refractivity contribution >= 4 is 26.0 Å². The third kappa shape index (κ3) is 10.3. The summed E-state index contributed by atoms with van der Waals surface area (Å²) < 4.78 is 115. The van der Waals surface area contributed by atoms with Crippen molar-refractivity contribution in [2.75, 3.05) is 27.9 Å². The minimum absolute atomic E-state index is 0.368. The van der Waals surface area contributed by atoms with Crippen molar-refractivity contribution in [3.05, 3.63) is 16.8 Å². The minimum Gasteiger partial charge on any atom is -0.421 e. The summed E-state index contributed by atoms with van der Waals surface area (Å²) in [5.74, 6) is -0.368. The number of alkyl halides is 6. The fourth-order valence-corrected chi connectivity index (χ4v) is 2.24. The highest BCUT2D eigenvalue weighted by molar-refractivity contribution is 8.13. The maximum atomic E-state index is 11.4. The second kappa shape index (κ2) is 8.33. The van der Waals surface area contributed by atoms with Gasteiger partial charge in [-0.15, -0.1) is 0 Å². The van der Waals surface area contributed by atoms with Gasteiger partial charge in [-0.3, -0.25) is 4.48 Å². The molecule has 0 unspecified atom stereocenters. The van der Waals surface area contributed by atoms with Gasteiger partial charge in [0.1, 0.15) is 0 Å². The number of hydrogen-bond acceptors (Lipinski definition) is 6. The lowest BCUT2D eigenvalue weighted by atomic mass is 10.6. The van der Waals surface area contributed by atoms with E-state index in [0.717, 1.165) is 10.2 Å². The number of halogens is 6. The lowest BCUT2D eigenvalue weighted by molar-refractivity contribution is -0.888. The van der Waals surface area contributed by atoms with Crippen molar-refractivity contribution in [1.82, 2.24) is 0 Å². The summed E-state index contributed by atoms with van der Waals surface area (Å²) >= 11 is 0. The van der Waals surface area contributed by atoms with Gasteiger partial charge in [0.15, 0.2) is 20.0 Å². The average Bonchev–Trinajstić information content (AvgIpc) is 2.31. The standard InChI is InChI=1S/C7H14NO2.C2F6NO4S2/c1-5-7(9)10-6-8(2,3)4;3-1(4,5)14(10,11)9-15(12,13)2(6,7)8/h5H,1,6H2,2-4H3;/q+1;-1. The van der Waals surface area contributed by atoms with E-state index in [1.54, 1.807) is 0 Å². The van der Waals surface area contributed by atoms with Crippen LogP contribution in [0.2, 0.25) is 0 Å². The van der Waals surface area contributed by atoms with E-state index in [9.17, 15) is 48.0 Å². The van der Waals surface area contributed by atoms with Crippen LogP contribution in [-0.4, -0.2) is 66.2 Å². The maximum Gasteiger partial charge on any atom is 0.480 e. The van der Waals surface area contributed by atoms with E-state index in [0.29, 0.717) is 11.2 Å². The first-order chi connectivity index (χ1) is 10.7. The predicted octanol–water partition coefficient (Wildman–Crippen LogP) is 1.44. The van der Waals surface area contributed by atoms with E-state index in [-0.39, 0.29) is 5.97 Å². The highest BCUT2D eigenvalue weighted by Gasteiger charge is 2.46. The largest absolute Gasteiger partial charge is 0.480 e. The first-order valence-corrected chi connectivity index (χ1v) is 8.51. The van der Waals surface area contributed by atoms with Gasteiger partial charge in [-0.05, 0) is 0 Å². The molecule has 0 aliphatic rings. The van der Waals surface area contributed by atoms with Gasteiger partial charge in [-0.1, -0.05) is 6.58 Å². The van der Waals surface area contributed by atoms with Crippen molar-refractivity contribution in [2.24, 2.45) is 0 Å². The van der Waals surface area contributed by atoms with Gasteiger partial charge in [0.2, 0.25) is 6.73 Å². The van der Waals surface area contributed by atoms with Crippen molar-refractivity contribution in [3.8, 4) is 0 Å². The second-order valence-corrected chi connectivity index (χ2v) is 8.43. The molecular formula is C9H14F6N2O6S2. The average molecular weight is 424 g/mol. The smallest absolute Gasteiger partial charge is 0.421 e. The molecule has 8 nitrogen and oxygen atoms in total. The topological polar surface area (TPSA) is 109 Å². The summed E-state index contributed by atoms with van der Waals surface area (Å²) in [6.07, 6.45) is 1.16. The van der Waals surface area contributed by atoms with E-state index >= 15 is 0 Å². The molecule has 0 amide bonds. The number of nitrogens with zero attached hydrogens (tertiary/aromatic N) is 2. The molecule has 0 saturated heterocycles. The zero-order chi connectivity index (χ0) is 20.9. The number of rotatable bonds is 5.